The van der Waals surface area contributed by atoms with Gasteiger partial charge >= 0.3 is 5.69 Å². The number of piperazine rings is 1. The SMILES string of the molecule is CCC(C)n1ncn(-c2ccc(N3CCN(c4ccc(OC[C@@H]5CO[C@@](Cn6nccn6)(c6ccc(Cl)cc6Cl)O5)cc4)CC3)cc2)c1=O. The van der Waals surface area contributed by atoms with Crippen molar-refractivity contribution in [1.82, 2.24) is 29.3 Å². The molecule has 0 bridgehead atoms. The zero-order valence-electron chi connectivity index (χ0n) is 27.4. The second-order valence-corrected chi connectivity index (χ2v) is 13.1. The summed E-state index contributed by atoms with van der Waals surface area (Å²) in [6.45, 7) is 8.42. The minimum absolute atomic E-state index is 0.0643. The molecule has 12 nitrogen and oxygen atoms in total. The van der Waals surface area contributed by atoms with E-state index in [9.17, 15) is 4.79 Å². The topological polar surface area (TPSA) is 105 Å². The molecule has 0 saturated carbocycles. The van der Waals surface area contributed by atoms with Crippen LogP contribution in [-0.4, -0.2) is 74.8 Å². The highest BCUT2D eigenvalue weighted by atomic mass is 35.5. The quantitative estimate of drug-likeness (QED) is 0.174. The van der Waals surface area contributed by atoms with Gasteiger partial charge in [-0.05, 0) is 74.0 Å². The van der Waals surface area contributed by atoms with E-state index < -0.39 is 5.79 Å². The van der Waals surface area contributed by atoms with Crippen LogP contribution in [0, 0.1) is 0 Å². The molecule has 14 heteroatoms. The number of anilines is 2. The summed E-state index contributed by atoms with van der Waals surface area (Å²) < 4.78 is 22.0. The first-order valence-electron chi connectivity index (χ1n) is 16.4. The lowest BCUT2D eigenvalue weighted by molar-refractivity contribution is -0.192. The van der Waals surface area contributed by atoms with Gasteiger partial charge in [-0.1, -0.05) is 36.2 Å². The number of aromatic nitrogens is 6. The van der Waals surface area contributed by atoms with Gasteiger partial charge in [-0.3, -0.25) is 0 Å². The van der Waals surface area contributed by atoms with Crippen LogP contribution in [0.25, 0.3) is 5.69 Å². The van der Waals surface area contributed by atoms with Crippen LogP contribution in [0.15, 0.2) is 90.2 Å². The number of ether oxygens (including phenoxy) is 3. The van der Waals surface area contributed by atoms with Gasteiger partial charge in [0.1, 0.15) is 31.3 Å². The number of nitrogens with zero attached hydrogens (tertiary/aromatic N) is 8. The van der Waals surface area contributed by atoms with Crippen LogP contribution in [0.4, 0.5) is 11.4 Å². The number of hydrogen-bond donors (Lipinski definition) is 0. The Morgan fingerprint density at radius 2 is 1.53 bits per heavy atom. The summed E-state index contributed by atoms with van der Waals surface area (Å²) in [7, 11) is 0. The number of halogens is 2. The van der Waals surface area contributed by atoms with Crippen LogP contribution < -0.4 is 20.2 Å². The molecular formula is C35H38Cl2N8O4. The molecule has 0 radical (unpaired) electrons. The smallest absolute Gasteiger partial charge is 0.350 e. The predicted octanol–water partition coefficient (Wildman–Crippen LogP) is 5.58. The van der Waals surface area contributed by atoms with Crippen LogP contribution in [0.1, 0.15) is 31.9 Å². The van der Waals surface area contributed by atoms with Crippen molar-refractivity contribution in [2.24, 2.45) is 0 Å². The van der Waals surface area contributed by atoms with Crippen molar-refractivity contribution in [3.8, 4) is 11.4 Å². The van der Waals surface area contributed by atoms with Gasteiger partial charge in [0.15, 0.2) is 0 Å². The standard InChI is InChI=1S/C35H38Cl2N8O4/c1-3-25(2)45-34(46)43(24-40-45)29-7-5-27(6-8-29)41-16-18-42(19-17-41)28-9-11-30(12-10-28)47-21-31-22-48-35(49-31,23-44-38-14-15-39-44)32-13-4-26(36)20-33(32)37/h4-15,20,24-25,31H,3,16-19,21-23H2,1-2H3/t25?,31-,35-/m1/s1. The predicted molar refractivity (Wildman–Crippen MR) is 188 cm³/mol. The van der Waals surface area contributed by atoms with E-state index in [2.05, 4.69) is 49.4 Å². The number of rotatable bonds is 11. The highest BCUT2D eigenvalue weighted by molar-refractivity contribution is 6.35. The molecule has 0 aliphatic carbocycles. The molecule has 3 atom stereocenters. The highest BCUT2D eigenvalue weighted by Gasteiger charge is 2.46. The molecule has 4 heterocycles. The van der Waals surface area contributed by atoms with Crippen LogP contribution in [0.3, 0.4) is 0 Å². The summed E-state index contributed by atoms with van der Waals surface area (Å²) in [6, 6.07) is 21.6. The first kappa shape index (κ1) is 33.2. The van der Waals surface area contributed by atoms with Gasteiger partial charge in [0.2, 0.25) is 5.79 Å². The second kappa shape index (κ2) is 14.2. The molecule has 49 heavy (non-hydrogen) atoms. The summed E-state index contributed by atoms with van der Waals surface area (Å²) in [5.74, 6) is -0.435. The van der Waals surface area contributed by atoms with Crippen molar-refractivity contribution in [3.05, 3.63) is 112 Å². The first-order valence-corrected chi connectivity index (χ1v) is 17.2. The molecule has 2 saturated heterocycles. The zero-order chi connectivity index (χ0) is 34.0. The summed E-state index contributed by atoms with van der Waals surface area (Å²) in [5.41, 5.74) is 3.63. The minimum Gasteiger partial charge on any atom is -0.491 e. The van der Waals surface area contributed by atoms with Crippen molar-refractivity contribution >= 4 is 34.6 Å². The summed E-state index contributed by atoms with van der Waals surface area (Å²) >= 11 is 12.7. The molecule has 2 aliphatic heterocycles. The van der Waals surface area contributed by atoms with Crippen molar-refractivity contribution < 1.29 is 14.2 Å². The Hall–Kier alpha value is -4.36. The Bertz CT molecular complexity index is 1910. The fraction of sp³-hybridized carbons (Fsp3) is 0.371. The third-order valence-corrected chi connectivity index (χ3v) is 9.68. The lowest BCUT2D eigenvalue weighted by Crippen LogP contribution is -2.46. The average Bonchev–Trinajstić information content (AvgIpc) is 3.88. The molecule has 256 valence electrons. The van der Waals surface area contributed by atoms with Crippen molar-refractivity contribution in [1.29, 1.82) is 0 Å². The van der Waals surface area contributed by atoms with Crippen LogP contribution in [-0.2, 0) is 21.8 Å². The van der Waals surface area contributed by atoms with Gasteiger partial charge in [-0.25, -0.2) is 14.0 Å². The van der Waals surface area contributed by atoms with Gasteiger partial charge in [0.05, 0.1) is 35.8 Å². The molecule has 2 aliphatic rings. The van der Waals surface area contributed by atoms with Crippen molar-refractivity contribution in [3.63, 3.8) is 0 Å². The normalized spacial score (nSPS) is 20.1. The molecule has 2 fully saturated rings. The van der Waals surface area contributed by atoms with Gasteiger partial charge < -0.3 is 24.0 Å². The van der Waals surface area contributed by atoms with E-state index in [1.165, 1.54) is 9.48 Å². The molecule has 0 spiro atoms. The molecule has 5 aromatic rings. The Kier molecular flexibility index (Phi) is 9.64. The maximum Gasteiger partial charge on any atom is 0.350 e. The van der Waals surface area contributed by atoms with Gasteiger partial charge in [0.25, 0.3) is 0 Å². The van der Waals surface area contributed by atoms with E-state index in [-0.39, 0.29) is 24.4 Å². The maximum atomic E-state index is 12.8. The van der Waals surface area contributed by atoms with Crippen molar-refractivity contribution in [2.75, 3.05) is 49.2 Å². The second-order valence-electron chi connectivity index (χ2n) is 12.3. The Morgan fingerprint density at radius 1 is 0.898 bits per heavy atom. The summed E-state index contributed by atoms with van der Waals surface area (Å²) in [6.07, 6.45) is 5.31. The van der Waals surface area contributed by atoms with E-state index in [0.29, 0.717) is 28.8 Å². The molecular weight excluding hydrogens is 667 g/mol. The van der Waals surface area contributed by atoms with E-state index in [4.69, 9.17) is 37.4 Å². The van der Waals surface area contributed by atoms with E-state index in [1.807, 2.05) is 38.1 Å². The molecule has 0 N–H and O–H groups in total. The van der Waals surface area contributed by atoms with Gasteiger partial charge in [0, 0.05) is 48.1 Å². The molecule has 3 aromatic carbocycles. The highest BCUT2D eigenvalue weighted by Crippen LogP contribution is 2.40. The summed E-state index contributed by atoms with van der Waals surface area (Å²) in [4.78, 5) is 19.1. The molecule has 2 aromatic heterocycles. The van der Waals surface area contributed by atoms with Crippen molar-refractivity contribution in [2.45, 2.75) is 44.7 Å². The van der Waals surface area contributed by atoms with Crippen LogP contribution in [0.2, 0.25) is 10.0 Å². The lowest BCUT2D eigenvalue weighted by Gasteiger charge is -2.37. The fourth-order valence-electron chi connectivity index (χ4n) is 6.22. The number of hydrogen-bond acceptors (Lipinski definition) is 9. The number of benzene rings is 3. The monoisotopic (exact) mass is 704 g/mol. The molecule has 7 rings (SSSR count). The average molecular weight is 706 g/mol. The van der Waals surface area contributed by atoms with E-state index >= 15 is 0 Å². The van der Waals surface area contributed by atoms with Gasteiger partial charge in [-0.15, -0.1) is 0 Å². The van der Waals surface area contributed by atoms with Gasteiger partial charge in [-0.2, -0.15) is 20.1 Å². The molecule has 1 unspecified atom stereocenters. The Labute approximate surface area is 294 Å². The largest absolute Gasteiger partial charge is 0.491 e. The Morgan fingerprint density at radius 3 is 2.16 bits per heavy atom. The summed E-state index contributed by atoms with van der Waals surface area (Å²) in [5, 5.41) is 13.7. The lowest BCUT2D eigenvalue weighted by atomic mass is 10.1. The van der Waals surface area contributed by atoms with Crippen LogP contribution >= 0.6 is 23.2 Å². The van der Waals surface area contributed by atoms with E-state index in [0.717, 1.165) is 55.4 Å². The minimum atomic E-state index is -1.18. The van der Waals surface area contributed by atoms with E-state index in [1.54, 1.807) is 41.5 Å². The zero-order valence-corrected chi connectivity index (χ0v) is 28.9. The molecule has 0 amide bonds. The third kappa shape index (κ3) is 7.04. The fourth-order valence-corrected chi connectivity index (χ4v) is 6.78. The Balaban J connectivity index is 0.925. The van der Waals surface area contributed by atoms with Crippen LogP contribution in [0.5, 0.6) is 5.75 Å². The third-order valence-electron chi connectivity index (χ3n) is 9.13. The first-order chi connectivity index (χ1) is 23.8. The maximum absolute atomic E-state index is 12.8.